The maximum atomic E-state index is 5.99. The fourth-order valence-corrected chi connectivity index (χ4v) is 2.78. The summed E-state index contributed by atoms with van der Waals surface area (Å²) in [6.45, 7) is 1.21. The molecule has 0 amide bonds. The van der Waals surface area contributed by atoms with Crippen LogP contribution in [0.4, 0.5) is 0 Å². The summed E-state index contributed by atoms with van der Waals surface area (Å²) in [5.41, 5.74) is 0.760. The average molecular weight is 315 g/mol. The summed E-state index contributed by atoms with van der Waals surface area (Å²) in [5.74, 6) is 1.10. The van der Waals surface area contributed by atoms with E-state index in [1.165, 1.54) is 6.33 Å². The third kappa shape index (κ3) is 2.58. The summed E-state index contributed by atoms with van der Waals surface area (Å²) in [4.78, 5) is 4.17. The van der Waals surface area contributed by atoms with Crippen molar-refractivity contribution in [2.75, 3.05) is 20.3 Å². The maximum Gasteiger partial charge on any atom is 0.235 e. The zero-order valence-electron chi connectivity index (χ0n) is 12.7. The molecule has 1 aliphatic heterocycles. The Hall–Kier alpha value is -2.38. The number of H-pyrrole nitrogens is 1. The molecule has 0 atom stereocenters. The highest BCUT2D eigenvalue weighted by molar-refractivity contribution is 5.79. The summed E-state index contributed by atoms with van der Waals surface area (Å²) >= 11 is 0. The van der Waals surface area contributed by atoms with E-state index < -0.39 is 5.79 Å². The van der Waals surface area contributed by atoms with E-state index in [1.807, 2.05) is 24.3 Å². The first-order valence-corrected chi connectivity index (χ1v) is 7.49. The van der Waals surface area contributed by atoms with Crippen molar-refractivity contribution in [2.45, 2.75) is 18.6 Å². The van der Waals surface area contributed by atoms with E-state index in [-0.39, 0.29) is 0 Å². The van der Waals surface area contributed by atoms with Gasteiger partial charge in [0.25, 0.3) is 0 Å². The van der Waals surface area contributed by atoms with Gasteiger partial charge in [-0.15, -0.1) is 0 Å². The normalized spacial score (nSPS) is 17.4. The van der Waals surface area contributed by atoms with E-state index in [2.05, 4.69) is 15.2 Å². The predicted octanol–water partition coefficient (Wildman–Crippen LogP) is 2.39. The van der Waals surface area contributed by atoms with E-state index in [9.17, 15) is 0 Å². The molecule has 0 spiro atoms. The molecule has 1 aromatic carbocycles. The van der Waals surface area contributed by atoms with Gasteiger partial charge in [-0.05, 0) is 30.7 Å². The van der Waals surface area contributed by atoms with Crippen LogP contribution in [-0.2, 0) is 21.7 Å². The van der Waals surface area contributed by atoms with Gasteiger partial charge in [0.15, 0.2) is 5.76 Å². The molecule has 1 saturated heterocycles. The van der Waals surface area contributed by atoms with Gasteiger partial charge >= 0.3 is 0 Å². The van der Waals surface area contributed by atoms with Crippen molar-refractivity contribution in [2.24, 2.45) is 0 Å². The summed E-state index contributed by atoms with van der Waals surface area (Å²) in [6, 6.07) is 7.59. The van der Waals surface area contributed by atoms with Crippen molar-refractivity contribution in [1.82, 2.24) is 15.2 Å². The second-order valence-corrected chi connectivity index (χ2v) is 5.43. The minimum Gasteiger partial charge on any atom is -0.497 e. The van der Waals surface area contributed by atoms with E-state index >= 15 is 0 Å². The molecule has 1 N–H and O–H groups in total. The highest BCUT2D eigenvalue weighted by atomic mass is 16.7. The van der Waals surface area contributed by atoms with Crippen LogP contribution in [0, 0.1) is 0 Å². The molecular formula is C16H17N3O4. The van der Waals surface area contributed by atoms with Crippen LogP contribution < -0.4 is 4.74 Å². The SMILES string of the molecule is COc1ccc2oc(C3(Cc4ncn[nH]4)OCCCO3)cc2c1. The Kier molecular flexibility index (Phi) is 3.51. The van der Waals surface area contributed by atoms with E-state index in [0.717, 1.165) is 23.1 Å². The molecule has 1 aliphatic rings. The van der Waals surface area contributed by atoms with Crippen molar-refractivity contribution in [3.8, 4) is 5.75 Å². The molecule has 0 unspecified atom stereocenters. The molecule has 0 saturated carbocycles. The molecule has 4 rings (SSSR count). The van der Waals surface area contributed by atoms with Crippen LogP contribution in [0.15, 0.2) is 35.0 Å². The van der Waals surface area contributed by atoms with E-state index in [0.29, 0.717) is 31.2 Å². The number of methoxy groups -OCH3 is 1. The summed E-state index contributed by atoms with van der Waals surface area (Å²) < 4.78 is 23.2. The molecule has 3 heterocycles. The average Bonchev–Trinajstić information content (AvgIpc) is 3.24. The number of nitrogens with zero attached hydrogens (tertiary/aromatic N) is 2. The van der Waals surface area contributed by atoms with Crippen molar-refractivity contribution in [3.63, 3.8) is 0 Å². The van der Waals surface area contributed by atoms with Gasteiger partial charge in [0.1, 0.15) is 23.5 Å². The van der Waals surface area contributed by atoms with Gasteiger partial charge in [-0.2, -0.15) is 5.10 Å². The third-order valence-electron chi connectivity index (χ3n) is 3.92. The molecule has 0 radical (unpaired) electrons. The van der Waals surface area contributed by atoms with E-state index in [4.69, 9.17) is 18.6 Å². The Morgan fingerprint density at radius 3 is 2.87 bits per heavy atom. The van der Waals surface area contributed by atoms with Crippen molar-refractivity contribution in [3.05, 3.63) is 42.2 Å². The fourth-order valence-electron chi connectivity index (χ4n) is 2.78. The van der Waals surface area contributed by atoms with Gasteiger partial charge in [-0.3, -0.25) is 5.10 Å². The molecule has 1 fully saturated rings. The van der Waals surface area contributed by atoms with E-state index in [1.54, 1.807) is 7.11 Å². The number of ether oxygens (including phenoxy) is 3. The van der Waals surface area contributed by atoms with Gasteiger partial charge in [-0.25, -0.2) is 4.98 Å². The van der Waals surface area contributed by atoms with Crippen LogP contribution in [0.1, 0.15) is 18.0 Å². The molecule has 2 aromatic heterocycles. The second kappa shape index (κ2) is 5.68. The Morgan fingerprint density at radius 1 is 1.26 bits per heavy atom. The van der Waals surface area contributed by atoms with Crippen molar-refractivity contribution >= 4 is 11.0 Å². The highest BCUT2D eigenvalue weighted by Gasteiger charge is 2.41. The number of benzene rings is 1. The lowest BCUT2D eigenvalue weighted by Gasteiger charge is -2.34. The van der Waals surface area contributed by atoms with Gasteiger partial charge in [0.2, 0.25) is 5.79 Å². The summed E-state index contributed by atoms with van der Waals surface area (Å²) in [6.07, 6.45) is 2.73. The van der Waals surface area contributed by atoms with Gasteiger partial charge in [-0.1, -0.05) is 0 Å². The Bertz CT molecular complexity index is 791. The lowest BCUT2D eigenvalue weighted by molar-refractivity contribution is -0.284. The maximum absolute atomic E-state index is 5.99. The van der Waals surface area contributed by atoms with Crippen LogP contribution in [0.3, 0.4) is 0 Å². The third-order valence-corrected chi connectivity index (χ3v) is 3.92. The number of aromatic amines is 1. The van der Waals surface area contributed by atoms with Crippen LogP contribution >= 0.6 is 0 Å². The van der Waals surface area contributed by atoms with Crippen molar-refractivity contribution in [1.29, 1.82) is 0 Å². The second-order valence-electron chi connectivity index (χ2n) is 5.43. The standard InChI is InChI=1S/C16H17N3O4/c1-20-12-3-4-13-11(7-12)8-14(23-13)16(21-5-2-6-22-16)9-15-17-10-18-19-15/h3-4,7-8,10H,2,5-6,9H2,1H3,(H,17,18,19). The summed E-state index contributed by atoms with van der Waals surface area (Å²) in [7, 11) is 1.64. The Balaban J connectivity index is 1.76. The molecule has 120 valence electrons. The topological polar surface area (TPSA) is 82.4 Å². The van der Waals surface area contributed by atoms with Crippen molar-refractivity contribution < 1.29 is 18.6 Å². The lowest BCUT2D eigenvalue weighted by Crippen LogP contribution is -2.40. The first kappa shape index (κ1) is 14.2. The number of furan rings is 1. The lowest BCUT2D eigenvalue weighted by atomic mass is 10.1. The Labute approximate surface area is 132 Å². The van der Waals surface area contributed by atoms with Crippen LogP contribution in [0.2, 0.25) is 0 Å². The zero-order valence-corrected chi connectivity index (χ0v) is 12.7. The molecular weight excluding hydrogens is 298 g/mol. The van der Waals surface area contributed by atoms with Gasteiger partial charge in [0.05, 0.1) is 26.7 Å². The van der Waals surface area contributed by atoms with Gasteiger partial charge in [0, 0.05) is 5.39 Å². The Morgan fingerprint density at radius 2 is 2.13 bits per heavy atom. The number of rotatable bonds is 4. The molecule has 7 heteroatoms. The number of hydrogen-bond acceptors (Lipinski definition) is 6. The first-order valence-electron chi connectivity index (χ1n) is 7.49. The molecule has 3 aromatic rings. The molecule has 23 heavy (non-hydrogen) atoms. The molecule has 0 bridgehead atoms. The number of nitrogens with one attached hydrogen (secondary N) is 1. The smallest absolute Gasteiger partial charge is 0.235 e. The monoisotopic (exact) mass is 315 g/mol. The molecule has 7 nitrogen and oxygen atoms in total. The fraction of sp³-hybridized carbons (Fsp3) is 0.375. The van der Waals surface area contributed by atoms with Crippen LogP contribution in [-0.4, -0.2) is 35.5 Å². The minimum atomic E-state index is -0.982. The zero-order chi connectivity index (χ0) is 15.7. The number of hydrogen-bond donors (Lipinski definition) is 1. The first-order chi connectivity index (χ1) is 11.3. The van der Waals surface area contributed by atoms with Gasteiger partial charge < -0.3 is 18.6 Å². The predicted molar refractivity (Wildman–Crippen MR) is 81.1 cm³/mol. The molecule has 0 aliphatic carbocycles. The quantitative estimate of drug-likeness (QED) is 0.796. The number of aromatic nitrogens is 3. The highest BCUT2D eigenvalue weighted by Crippen LogP contribution is 2.37. The minimum absolute atomic E-state index is 0.407. The largest absolute Gasteiger partial charge is 0.497 e. The van der Waals surface area contributed by atoms with Crippen LogP contribution in [0.5, 0.6) is 5.75 Å². The number of fused-ring (bicyclic) bond motifs is 1. The summed E-state index contributed by atoms with van der Waals surface area (Å²) in [5, 5.41) is 7.67. The van der Waals surface area contributed by atoms with Crippen LogP contribution in [0.25, 0.3) is 11.0 Å².